The average molecular weight is 309 g/mol. The summed E-state index contributed by atoms with van der Waals surface area (Å²) in [4.78, 5) is 12.2. The molecule has 3 rings (SSSR count). The molecule has 3 aromatic rings. The van der Waals surface area contributed by atoms with Crippen LogP contribution in [0.1, 0.15) is 15.9 Å². The minimum Gasteiger partial charge on any atom is -0.616 e. The molecule has 2 aromatic carbocycles. The fourth-order valence-electron chi connectivity index (χ4n) is 2.38. The van der Waals surface area contributed by atoms with E-state index < -0.39 is 5.97 Å². The Morgan fingerprint density at radius 2 is 1.78 bits per heavy atom. The molecular formula is C18H15NO4. The number of rotatable bonds is 3. The number of esters is 1. The summed E-state index contributed by atoms with van der Waals surface area (Å²) in [5, 5.41) is 13.2. The Balaban J connectivity index is 1.94. The molecule has 0 saturated heterocycles. The lowest BCUT2D eigenvalue weighted by Gasteiger charge is -2.09. The van der Waals surface area contributed by atoms with Crippen molar-refractivity contribution in [1.82, 2.24) is 0 Å². The average Bonchev–Trinajstić information content (AvgIpc) is 2.59. The van der Waals surface area contributed by atoms with Gasteiger partial charge in [-0.15, -0.1) is 4.73 Å². The fraction of sp³-hybridized carbons (Fsp3) is 0.111. The lowest BCUT2D eigenvalue weighted by Crippen LogP contribution is -2.31. The summed E-state index contributed by atoms with van der Waals surface area (Å²) in [7, 11) is 1.55. The molecule has 0 aliphatic rings. The second-order valence-corrected chi connectivity index (χ2v) is 5.10. The van der Waals surface area contributed by atoms with Gasteiger partial charge in [-0.2, -0.15) is 0 Å². The molecule has 0 aliphatic carbocycles. The molecule has 0 fully saturated rings. The molecule has 0 amide bonds. The lowest BCUT2D eigenvalue weighted by atomic mass is 10.1. The first kappa shape index (κ1) is 14.8. The van der Waals surface area contributed by atoms with Crippen molar-refractivity contribution < 1.29 is 19.0 Å². The lowest BCUT2D eigenvalue weighted by molar-refractivity contribution is -0.582. The van der Waals surface area contributed by atoms with Crippen LogP contribution in [0.4, 0.5) is 0 Å². The van der Waals surface area contributed by atoms with Gasteiger partial charge < -0.3 is 14.7 Å². The number of hydrogen-bond acceptors (Lipinski definition) is 4. The van der Waals surface area contributed by atoms with Crippen molar-refractivity contribution in [3.8, 4) is 11.6 Å². The van der Waals surface area contributed by atoms with Crippen molar-refractivity contribution >= 4 is 16.9 Å². The first-order valence-electron chi connectivity index (χ1n) is 7.08. The van der Waals surface area contributed by atoms with Crippen LogP contribution in [0.3, 0.4) is 0 Å². The van der Waals surface area contributed by atoms with Gasteiger partial charge in [0.15, 0.2) is 0 Å². The molecule has 5 heteroatoms. The second-order valence-electron chi connectivity index (χ2n) is 5.10. The van der Waals surface area contributed by atoms with Gasteiger partial charge in [-0.3, -0.25) is 0 Å². The highest BCUT2D eigenvalue weighted by atomic mass is 16.6. The van der Waals surface area contributed by atoms with Gasteiger partial charge in [0, 0.05) is 6.07 Å². The molecule has 116 valence electrons. The number of nitrogens with zero attached hydrogens (tertiary/aromatic N) is 1. The Morgan fingerprint density at radius 1 is 1.09 bits per heavy atom. The number of hydrogen-bond donors (Lipinski definition) is 0. The highest BCUT2D eigenvalue weighted by Crippen LogP contribution is 2.20. The van der Waals surface area contributed by atoms with E-state index in [1.54, 1.807) is 49.6 Å². The van der Waals surface area contributed by atoms with Gasteiger partial charge >= 0.3 is 11.8 Å². The molecule has 0 aliphatic heterocycles. The smallest absolute Gasteiger partial charge is 0.388 e. The first-order chi connectivity index (χ1) is 11.1. The van der Waals surface area contributed by atoms with Crippen molar-refractivity contribution in [2.24, 2.45) is 0 Å². The normalized spacial score (nSPS) is 10.5. The van der Waals surface area contributed by atoms with Gasteiger partial charge in [-0.1, -0.05) is 12.1 Å². The number of pyridine rings is 1. The van der Waals surface area contributed by atoms with Crippen LogP contribution in [0.25, 0.3) is 10.9 Å². The fourth-order valence-corrected chi connectivity index (χ4v) is 2.38. The minimum atomic E-state index is -0.591. The summed E-state index contributed by atoms with van der Waals surface area (Å²) >= 11 is 0. The molecule has 0 radical (unpaired) electrons. The maximum atomic E-state index is 12.4. The van der Waals surface area contributed by atoms with E-state index in [2.05, 4.69) is 0 Å². The molecule has 1 heterocycles. The topological polar surface area (TPSA) is 62.5 Å². The van der Waals surface area contributed by atoms with Gasteiger partial charge in [-0.25, -0.2) is 4.79 Å². The quantitative estimate of drug-likeness (QED) is 0.424. The van der Waals surface area contributed by atoms with E-state index in [1.807, 2.05) is 19.1 Å². The van der Waals surface area contributed by atoms with Gasteiger partial charge in [-0.05, 0) is 42.8 Å². The summed E-state index contributed by atoms with van der Waals surface area (Å²) in [6.45, 7) is 1.87. The van der Waals surface area contributed by atoms with E-state index in [9.17, 15) is 10.0 Å². The number of carbonyl (C=O) groups is 1. The van der Waals surface area contributed by atoms with Gasteiger partial charge in [0.2, 0.25) is 5.52 Å². The Bertz CT molecular complexity index is 872. The van der Waals surface area contributed by atoms with Crippen LogP contribution in [0, 0.1) is 12.1 Å². The molecule has 0 spiro atoms. The van der Waals surface area contributed by atoms with E-state index in [4.69, 9.17) is 9.47 Å². The first-order valence-corrected chi connectivity index (χ1v) is 7.08. The highest BCUT2D eigenvalue weighted by molar-refractivity contribution is 5.91. The second kappa shape index (κ2) is 5.96. The number of para-hydroxylation sites is 1. The summed E-state index contributed by atoms with van der Waals surface area (Å²) in [5.41, 5.74) is 1.67. The third-order valence-electron chi connectivity index (χ3n) is 3.61. The van der Waals surface area contributed by atoms with Crippen LogP contribution in [-0.2, 0) is 0 Å². The van der Waals surface area contributed by atoms with E-state index in [-0.39, 0.29) is 5.88 Å². The Hall–Kier alpha value is -3.08. The van der Waals surface area contributed by atoms with Crippen molar-refractivity contribution in [1.29, 1.82) is 0 Å². The summed E-state index contributed by atoms with van der Waals surface area (Å²) < 4.78 is 10.9. The summed E-state index contributed by atoms with van der Waals surface area (Å²) in [6, 6.07) is 15.2. The minimum absolute atomic E-state index is 0.0398. The molecule has 0 N–H and O–H groups in total. The highest BCUT2D eigenvalue weighted by Gasteiger charge is 2.18. The van der Waals surface area contributed by atoms with Crippen molar-refractivity contribution in [2.75, 3.05) is 7.11 Å². The van der Waals surface area contributed by atoms with Crippen molar-refractivity contribution in [3.63, 3.8) is 0 Å². The number of aromatic nitrogens is 1. The Morgan fingerprint density at radius 3 is 2.48 bits per heavy atom. The summed E-state index contributed by atoms with van der Waals surface area (Å²) in [5.74, 6) is 0.0101. The zero-order valence-electron chi connectivity index (χ0n) is 12.8. The third-order valence-corrected chi connectivity index (χ3v) is 3.61. The van der Waals surface area contributed by atoms with Crippen LogP contribution >= 0.6 is 0 Å². The van der Waals surface area contributed by atoms with Crippen molar-refractivity contribution in [2.45, 2.75) is 6.92 Å². The number of fused-ring (bicyclic) bond motifs is 1. The van der Waals surface area contributed by atoms with Crippen molar-refractivity contribution in [3.05, 3.63) is 70.9 Å². The SMILES string of the molecule is COc1ccc(C(=O)Oc2cc(C)c3ccccc3[n+]2[O-])cc1. The predicted molar refractivity (Wildman–Crippen MR) is 85.6 cm³/mol. The van der Waals surface area contributed by atoms with Crippen LogP contribution in [-0.4, -0.2) is 13.1 Å². The van der Waals surface area contributed by atoms with Crippen LogP contribution in [0.5, 0.6) is 11.6 Å². The number of benzene rings is 2. The molecular weight excluding hydrogens is 294 g/mol. The molecule has 0 bridgehead atoms. The predicted octanol–water partition coefficient (Wildman–Crippen LogP) is 3.01. The molecule has 1 aromatic heterocycles. The number of methoxy groups -OCH3 is 1. The number of carbonyl (C=O) groups excluding carboxylic acids is 1. The van der Waals surface area contributed by atoms with E-state index >= 15 is 0 Å². The number of ether oxygens (including phenoxy) is 2. The maximum absolute atomic E-state index is 12.4. The van der Waals surface area contributed by atoms with Crippen LogP contribution in [0.2, 0.25) is 0 Å². The standard InChI is InChI=1S/C18H15NO4/c1-12-11-17(19(21)16-6-4-3-5-15(12)16)23-18(20)13-7-9-14(22-2)10-8-13/h3-11H,1-2H3. The molecule has 0 unspecified atom stereocenters. The molecule has 23 heavy (non-hydrogen) atoms. The van der Waals surface area contributed by atoms with E-state index in [0.29, 0.717) is 21.6 Å². The Kier molecular flexibility index (Phi) is 3.85. The monoisotopic (exact) mass is 309 g/mol. The maximum Gasteiger partial charge on any atom is 0.388 e. The van der Waals surface area contributed by atoms with Crippen LogP contribution in [0.15, 0.2) is 54.6 Å². The third kappa shape index (κ3) is 2.81. The largest absolute Gasteiger partial charge is 0.616 e. The molecule has 0 atom stereocenters. The zero-order valence-corrected chi connectivity index (χ0v) is 12.8. The Labute approximate surface area is 133 Å². The van der Waals surface area contributed by atoms with Crippen LogP contribution < -0.4 is 14.2 Å². The summed E-state index contributed by atoms with van der Waals surface area (Å²) in [6.07, 6.45) is 0. The number of aryl methyl sites for hydroxylation is 1. The van der Waals surface area contributed by atoms with E-state index in [0.717, 1.165) is 10.9 Å². The zero-order chi connectivity index (χ0) is 16.4. The molecule has 5 nitrogen and oxygen atoms in total. The van der Waals surface area contributed by atoms with Gasteiger partial charge in [0.1, 0.15) is 5.75 Å². The van der Waals surface area contributed by atoms with E-state index in [1.165, 1.54) is 0 Å². The molecule has 0 saturated carbocycles. The van der Waals surface area contributed by atoms with Gasteiger partial charge in [0.05, 0.1) is 24.1 Å². The van der Waals surface area contributed by atoms with Gasteiger partial charge in [0.25, 0.3) is 0 Å².